The van der Waals surface area contributed by atoms with Crippen molar-refractivity contribution in [3.05, 3.63) is 77.7 Å². The molecule has 8 heteroatoms. The molecule has 4 rings (SSSR count). The van der Waals surface area contributed by atoms with Crippen LogP contribution in [0.4, 0.5) is 5.69 Å². The van der Waals surface area contributed by atoms with E-state index in [4.69, 9.17) is 9.26 Å². The van der Waals surface area contributed by atoms with Gasteiger partial charge in [0.1, 0.15) is 17.6 Å². The highest BCUT2D eigenvalue weighted by atomic mass is 16.5. The van der Waals surface area contributed by atoms with E-state index < -0.39 is 6.04 Å². The minimum absolute atomic E-state index is 0.111. The van der Waals surface area contributed by atoms with Crippen LogP contribution < -0.4 is 10.2 Å². The summed E-state index contributed by atoms with van der Waals surface area (Å²) in [6.45, 7) is 8.97. The third-order valence-electron chi connectivity index (χ3n) is 4.90. The van der Waals surface area contributed by atoms with Crippen LogP contribution in [0.25, 0.3) is 0 Å². The number of anilines is 1. The summed E-state index contributed by atoms with van der Waals surface area (Å²) < 4.78 is 12.7. The van der Waals surface area contributed by atoms with Crippen LogP contribution in [-0.4, -0.2) is 33.5 Å². The molecule has 8 nitrogen and oxygen atoms in total. The molecule has 0 bridgehead atoms. The average molecular weight is 393 g/mol. The van der Waals surface area contributed by atoms with Crippen LogP contribution in [0, 0.1) is 13.8 Å². The summed E-state index contributed by atoms with van der Waals surface area (Å²) in [5, 5.41) is 11.4. The molecule has 1 fully saturated rings. The largest absolute Gasteiger partial charge is 0.374 e. The second-order valence-corrected chi connectivity index (χ2v) is 7.02. The number of aryl methyl sites for hydroxylation is 2. The lowest BCUT2D eigenvalue weighted by Gasteiger charge is -2.13. The standard InChI is InChI=1S/C21H23N5O3/c1-14-19(15(2)29-24-14)11-25-10-18(9-22-25)26-16(3)23-20(21(26)27)13-28-12-17-7-5-4-6-8-17/h4-10,20,23H,3,11-13H2,1-2H3. The van der Waals surface area contributed by atoms with Crippen LogP contribution in [0.15, 0.2) is 59.6 Å². The van der Waals surface area contributed by atoms with Gasteiger partial charge in [-0.3, -0.25) is 14.4 Å². The maximum absolute atomic E-state index is 12.9. The Kier molecular flexibility index (Phi) is 5.18. The molecular formula is C21H23N5O3. The minimum Gasteiger partial charge on any atom is -0.374 e. The van der Waals surface area contributed by atoms with Gasteiger partial charge in [-0.05, 0) is 19.4 Å². The van der Waals surface area contributed by atoms with E-state index in [0.29, 0.717) is 24.7 Å². The molecule has 1 atom stereocenters. The van der Waals surface area contributed by atoms with E-state index in [1.807, 2.05) is 50.4 Å². The number of ether oxygens (including phenoxy) is 1. The van der Waals surface area contributed by atoms with Crippen molar-refractivity contribution in [1.29, 1.82) is 0 Å². The normalized spacial score (nSPS) is 16.5. The van der Waals surface area contributed by atoms with Crippen molar-refractivity contribution in [2.75, 3.05) is 11.5 Å². The molecule has 1 unspecified atom stereocenters. The zero-order chi connectivity index (χ0) is 20.4. The molecule has 0 aliphatic carbocycles. The maximum atomic E-state index is 12.9. The Morgan fingerprint density at radius 1 is 1.28 bits per heavy atom. The van der Waals surface area contributed by atoms with Gasteiger partial charge in [-0.2, -0.15) is 5.10 Å². The molecule has 0 radical (unpaired) electrons. The minimum atomic E-state index is -0.475. The van der Waals surface area contributed by atoms with Crippen LogP contribution in [0.3, 0.4) is 0 Å². The van der Waals surface area contributed by atoms with Crippen LogP contribution >= 0.6 is 0 Å². The fourth-order valence-electron chi connectivity index (χ4n) is 3.33. The molecule has 0 saturated carbocycles. The van der Waals surface area contributed by atoms with E-state index in [2.05, 4.69) is 22.2 Å². The Labute approximate surface area is 168 Å². The summed E-state index contributed by atoms with van der Waals surface area (Å²) in [5.74, 6) is 1.17. The summed E-state index contributed by atoms with van der Waals surface area (Å²) in [7, 11) is 0. The van der Waals surface area contributed by atoms with Crippen molar-refractivity contribution in [2.45, 2.75) is 33.0 Å². The number of rotatable bonds is 7. The monoisotopic (exact) mass is 393 g/mol. The summed E-state index contributed by atoms with van der Waals surface area (Å²) in [6.07, 6.45) is 3.46. The predicted molar refractivity (Wildman–Crippen MR) is 107 cm³/mol. The number of nitrogens with zero attached hydrogens (tertiary/aromatic N) is 4. The van der Waals surface area contributed by atoms with E-state index >= 15 is 0 Å². The highest BCUT2D eigenvalue weighted by Crippen LogP contribution is 2.24. The van der Waals surface area contributed by atoms with Gasteiger partial charge in [-0.15, -0.1) is 0 Å². The number of hydrogen-bond donors (Lipinski definition) is 1. The van der Waals surface area contributed by atoms with E-state index in [1.165, 1.54) is 4.90 Å². The molecule has 150 valence electrons. The highest BCUT2D eigenvalue weighted by Gasteiger charge is 2.36. The van der Waals surface area contributed by atoms with Gasteiger partial charge in [0.2, 0.25) is 0 Å². The van der Waals surface area contributed by atoms with Crippen molar-refractivity contribution in [3.63, 3.8) is 0 Å². The van der Waals surface area contributed by atoms with Crippen molar-refractivity contribution in [1.82, 2.24) is 20.3 Å². The lowest BCUT2D eigenvalue weighted by Crippen LogP contribution is -2.34. The Balaban J connectivity index is 1.39. The lowest BCUT2D eigenvalue weighted by molar-refractivity contribution is -0.119. The van der Waals surface area contributed by atoms with Gasteiger partial charge in [-0.1, -0.05) is 42.1 Å². The highest BCUT2D eigenvalue weighted by molar-refractivity contribution is 6.02. The molecule has 3 aromatic rings. The van der Waals surface area contributed by atoms with Gasteiger partial charge in [0.05, 0.1) is 37.3 Å². The first kappa shape index (κ1) is 18.9. The fourth-order valence-corrected chi connectivity index (χ4v) is 3.33. The molecule has 1 aliphatic heterocycles. The van der Waals surface area contributed by atoms with Crippen molar-refractivity contribution >= 4 is 11.6 Å². The first-order valence-corrected chi connectivity index (χ1v) is 9.38. The number of nitrogens with one attached hydrogen (secondary N) is 1. The second kappa shape index (κ2) is 7.92. The Bertz CT molecular complexity index is 1000. The Hall–Kier alpha value is -3.39. The molecule has 0 spiro atoms. The molecule has 29 heavy (non-hydrogen) atoms. The summed E-state index contributed by atoms with van der Waals surface area (Å²) in [5.41, 5.74) is 3.54. The lowest BCUT2D eigenvalue weighted by atomic mass is 10.2. The van der Waals surface area contributed by atoms with Gasteiger partial charge >= 0.3 is 0 Å². The number of hydrogen-bond acceptors (Lipinski definition) is 6. The van der Waals surface area contributed by atoms with Crippen LogP contribution in [0.1, 0.15) is 22.6 Å². The number of benzene rings is 1. The summed E-state index contributed by atoms with van der Waals surface area (Å²) in [4.78, 5) is 14.4. The number of amides is 1. The Morgan fingerprint density at radius 2 is 2.07 bits per heavy atom. The number of aromatic nitrogens is 3. The molecular weight excluding hydrogens is 370 g/mol. The van der Waals surface area contributed by atoms with Crippen molar-refractivity contribution in [2.24, 2.45) is 0 Å². The Morgan fingerprint density at radius 3 is 2.79 bits per heavy atom. The third-order valence-corrected chi connectivity index (χ3v) is 4.90. The maximum Gasteiger partial charge on any atom is 0.257 e. The predicted octanol–water partition coefficient (Wildman–Crippen LogP) is 2.53. The van der Waals surface area contributed by atoms with Gasteiger partial charge in [0.25, 0.3) is 5.91 Å². The zero-order valence-corrected chi connectivity index (χ0v) is 16.5. The van der Waals surface area contributed by atoms with Crippen molar-refractivity contribution in [3.8, 4) is 0 Å². The molecule has 3 heterocycles. The average Bonchev–Trinajstić information content (AvgIpc) is 3.37. The summed E-state index contributed by atoms with van der Waals surface area (Å²) in [6, 6.07) is 9.38. The number of carbonyl (C=O) groups excluding carboxylic acids is 1. The summed E-state index contributed by atoms with van der Waals surface area (Å²) >= 11 is 0. The smallest absolute Gasteiger partial charge is 0.257 e. The molecule has 1 aromatic carbocycles. The first-order valence-electron chi connectivity index (χ1n) is 9.38. The second-order valence-electron chi connectivity index (χ2n) is 7.02. The van der Waals surface area contributed by atoms with Crippen LogP contribution in [-0.2, 0) is 22.7 Å². The quantitative estimate of drug-likeness (QED) is 0.664. The molecule has 1 amide bonds. The first-order chi connectivity index (χ1) is 14.0. The SMILES string of the molecule is C=C1NC(COCc2ccccc2)C(=O)N1c1cnn(Cc2c(C)noc2C)c1. The molecule has 1 N–H and O–H groups in total. The zero-order valence-electron chi connectivity index (χ0n) is 16.5. The topological polar surface area (TPSA) is 85.4 Å². The fraction of sp³-hybridized carbons (Fsp3) is 0.286. The number of carbonyl (C=O) groups is 1. The van der Waals surface area contributed by atoms with E-state index in [9.17, 15) is 4.79 Å². The van der Waals surface area contributed by atoms with Crippen molar-refractivity contribution < 1.29 is 14.1 Å². The van der Waals surface area contributed by atoms with E-state index in [-0.39, 0.29) is 12.5 Å². The molecule has 1 aliphatic rings. The third kappa shape index (κ3) is 3.93. The van der Waals surface area contributed by atoms with E-state index in [1.54, 1.807) is 10.9 Å². The van der Waals surface area contributed by atoms with Gasteiger partial charge < -0.3 is 14.6 Å². The van der Waals surface area contributed by atoms with Crippen LogP contribution in [0.5, 0.6) is 0 Å². The van der Waals surface area contributed by atoms with Gasteiger partial charge in [0, 0.05) is 11.8 Å². The van der Waals surface area contributed by atoms with Gasteiger partial charge in [-0.25, -0.2) is 0 Å². The van der Waals surface area contributed by atoms with Crippen LogP contribution in [0.2, 0.25) is 0 Å². The molecule has 2 aromatic heterocycles. The molecule has 1 saturated heterocycles. The van der Waals surface area contributed by atoms with Gasteiger partial charge in [0.15, 0.2) is 0 Å². The van der Waals surface area contributed by atoms with E-state index in [0.717, 1.165) is 22.6 Å².